The van der Waals surface area contributed by atoms with Gasteiger partial charge in [0, 0.05) is 36.7 Å². The highest BCUT2D eigenvalue weighted by molar-refractivity contribution is 7.89. The zero-order chi connectivity index (χ0) is 19.3. The van der Waals surface area contributed by atoms with Crippen LogP contribution in [0.3, 0.4) is 0 Å². The quantitative estimate of drug-likeness (QED) is 0.671. The predicted octanol–water partition coefficient (Wildman–Crippen LogP) is 4.53. The van der Waals surface area contributed by atoms with Gasteiger partial charge in [-0.15, -0.1) is 12.4 Å². The highest BCUT2D eigenvalue weighted by Crippen LogP contribution is 2.44. The Morgan fingerprint density at radius 1 is 1.00 bits per heavy atom. The van der Waals surface area contributed by atoms with Crippen LogP contribution in [0.15, 0.2) is 53.4 Å². The molecule has 4 nitrogen and oxygen atoms in total. The maximum absolute atomic E-state index is 13.4. The van der Waals surface area contributed by atoms with E-state index in [1.54, 1.807) is 28.6 Å². The summed E-state index contributed by atoms with van der Waals surface area (Å²) in [6.45, 7) is 2.69. The highest BCUT2D eigenvalue weighted by Gasteiger charge is 2.46. The molecule has 0 bridgehead atoms. The maximum Gasteiger partial charge on any atom is 0.243 e. The summed E-state index contributed by atoms with van der Waals surface area (Å²) < 4.78 is 28.6. The molecule has 3 aliphatic rings. The van der Waals surface area contributed by atoms with Crippen LogP contribution in [0.5, 0.6) is 0 Å². The minimum Gasteiger partial charge on any atom is -0.296 e. The molecule has 7 heteroatoms. The fourth-order valence-electron chi connectivity index (χ4n) is 5.39. The second-order valence-electron chi connectivity index (χ2n) is 8.23. The first-order valence-electron chi connectivity index (χ1n) is 10.1. The van der Waals surface area contributed by atoms with Gasteiger partial charge in [-0.1, -0.05) is 35.9 Å². The fraction of sp³-hybridized carbons (Fsp3) is 0.455. The summed E-state index contributed by atoms with van der Waals surface area (Å²) in [5, 5.41) is 0.558. The molecule has 3 heterocycles. The Morgan fingerprint density at radius 3 is 2.55 bits per heavy atom. The molecule has 0 amide bonds. The van der Waals surface area contributed by atoms with Gasteiger partial charge in [0.2, 0.25) is 10.0 Å². The van der Waals surface area contributed by atoms with E-state index >= 15 is 0 Å². The fourth-order valence-corrected chi connectivity index (χ4v) is 7.26. The lowest BCUT2D eigenvalue weighted by Crippen LogP contribution is -2.57. The maximum atomic E-state index is 13.4. The van der Waals surface area contributed by atoms with Gasteiger partial charge < -0.3 is 0 Å². The Morgan fingerprint density at radius 2 is 1.76 bits per heavy atom. The van der Waals surface area contributed by atoms with Crippen molar-refractivity contribution in [3.8, 4) is 0 Å². The molecular formula is C22H26Cl2N2O2S. The Labute approximate surface area is 184 Å². The lowest BCUT2D eigenvalue weighted by atomic mass is 9.77. The molecule has 5 rings (SSSR count). The van der Waals surface area contributed by atoms with Gasteiger partial charge in [0.05, 0.1) is 4.90 Å². The zero-order valence-corrected chi connectivity index (χ0v) is 18.6. The number of piperidine rings is 2. The van der Waals surface area contributed by atoms with Crippen molar-refractivity contribution in [3.63, 3.8) is 0 Å². The van der Waals surface area contributed by atoms with Gasteiger partial charge in [-0.2, -0.15) is 4.31 Å². The number of rotatable bonds is 2. The molecule has 0 aliphatic carbocycles. The SMILES string of the molecule is Cl.O=S(=O)(c1ccc(Cl)cc1)N1CCC[C@@H]2CN3CCc4ccccc4[C@H]3C[C@@H]21. The second-order valence-corrected chi connectivity index (χ2v) is 10.6. The van der Waals surface area contributed by atoms with Crippen molar-refractivity contribution in [2.75, 3.05) is 19.6 Å². The molecule has 2 aromatic carbocycles. The Bertz CT molecular complexity index is 981. The van der Waals surface area contributed by atoms with Crippen molar-refractivity contribution in [3.05, 3.63) is 64.7 Å². The van der Waals surface area contributed by atoms with E-state index in [2.05, 4.69) is 29.2 Å². The van der Waals surface area contributed by atoms with Crippen LogP contribution >= 0.6 is 24.0 Å². The molecule has 0 spiro atoms. The first-order valence-corrected chi connectivity index (χ1v) is 11.9. The molecular weight excluding hydrogens is 427 g/mol. The van der Waals surface area contributed by atoms with E-state index in [0.29, 0.717) is 28.4 Å². The Balaban J connectivity index is 0.00000205. The number of sulfonamides is 1. The third-order valence-corrected chi connectivity index (χ3v) is 8.94. The number of hydrogen-bond acceptors (Lipinski definition) is 3. The summed E-state index contributed by atoms with van der Waals surface area (Å²) in [7, 11) is -3.51. The summed E-state index contributed by atoms with van der Waals surface area (Å²) >= 11 is 5.97. The Hall–Kier alpha value is -1.11. The van der Waals surface area contributed by atoms with Crippen LogP contribution in [0.25, 0.3) is 0 Å². The van der Waals surface area contributed by atoms with Crippen molar-refractivity contribution in [1.82, 2.24) is 9.21 Å². The summed E-state index contributed by atoms with van der Waals surface area (Å²) in [4.78, 5) is 2.94. The third-order valence-electron chi connectivity index (χ3n) is 6.74. The van der Waals surface area contributed by atoms with Crippen LogP contribution in [-0.4, -0.2) is 43.3 Å². The van der Waals surface area contributed by atoms with Crippen molar-refractivity contribution in [2.24, 2.45) is 5.92 Å². The molecule has 2 fully saturated rings. The van der Waals surface area contributed by atoms with E-state index in [1.165, 1.54) is 11.1 Å². The van der Waals surface area contributed by atoms with Gasteiger partial charge in [0.25, 0.3) is 0 Å². The van der Waals surface area contributed by atoms with Crippen LogP contribution in [0.4, 0.5) is 0 Å². The average molecular weight is 453 g/mol. The lowest BCUT2D eigenvalue weighted by Gasteiger charge is -2.51. The van der Waals surface area contributed by atoms with E-state index in [9.17, 15) is 8.42 Å². The standard InChI is InChI=1S/C22H25ClN2O2S.ClH/c23-18-7-9-19(10-8-18)28(26,27)25-12-3-5-17-15-24-13-11-16-4-1-2-6-20(16)22(24)14-21(17)25;/h1-2,4,6-10,17,21-22H,3,5,11-15H2;1H/t17-,21+,22-;/m1./s1. The van der Waals surface area contributed by atoms with Crippen LogP contribution in [-0.2, 0) is 16.4 Å². The average Bonchev–Trinajstić information content (AvgIpc) is 2.72. The molecule has 3 aliphatic heterocycles. The van der Waals surface area contributed by atoms with E-state index in [0.717, 1.165) is 38.8 Å². The lowest BCUT2D eigenvalue weighted by molar-refractivity contribution is 0.0220. The van der Waals surface area contributed by atoms with Gasteiger partial charge in [-0.3, -0.25) is 4.90 Å². The molecule has 0 N–H and O–H groups in total. The number of nitrogens with zero attached hydrogens (tertiary/aromatic N) is 2. The number of fused-ring (bicyclic) bond motifs is 4. The number of halogens is 2. The van der Waals surface area contributed by atoms with Crippen LogP contribution in [0, 0.1) is 5.92 Å². The zero-order valence-electron chi connectivity index (χ0n) is 16.2. The van der Waals surface area contributed by atoms with Crippen molar-refractivity contribution >= 4 is 34.0 Å². The Kier molecular flexibility index (Phi) is 5.97. The summed E-state index contributed by atoms with van der Waals surface area (Å²) in [6.07, 6.45) is 4.02. The van der Waals surface area contributed by atoms with E-state index < -0.39 is 10.0 Å². The van der Waals surface area contributed by atoms with E-state index in [-0.39, 0.29) is 18.4 Å². The van der Waals surface area contributed by atoms with Crippen LogP contribution in [0.2, 0.25) is 5.02 Å². The van der Waals surface area contributed by atoms with Gasteiger partial charge in [-0.25, -0.2) is 8.42 Å². The first kappa shape index (κ1) is 21.1. The summed E-state index contributed by atoms with van der Waals surface area (Å²) in [5.41, 5.74) is 2.81. The monoisotopic (exact) mass is 452 g/mol. The highest BCUT2D eigenvalue weighted by atomic mass is 35.5. The molecule has 3 atom stereocenters. The number of benzene rings is 2. The van der Waals surface area contributed by atoms with Crippen molar-refractivity contribution < 1.29 is 8.42 Å². The molecule has 2 saturated heterocycles. The van der Waals surface area contributed by atoms with Crippen LogP contribution < -0.4 is 0 Å². The normalized spacial score (nSPS) is 27.3. The molecule has 0 unspecified atom stereocenters. The topological polar surface area (TPSA) is 40.6 Å². The molecule has 2 aromatic rings. The molecule has 0 aromatic heterocycles. The third kappa shape index (κ3) is 3.72. The van der Waals surface area contributed by atoms with Crippen molar-refractivity contribution in [2.45, 2.75) is 42.7 Å². The second kappa shape index (κ2) is 8.20. The van der Waals surface area contributed by atoms with Gasteiger partial charge in [-0.05, 0) is 67.0 Å². The minimum absolute atomic E-state index is 0. The van der Waals surface area contributed by atoms with E-state index in [4.69, 9.17) is 11.6 Å². The molecule has 0 radical (unpaired) electrons. The van der Waals surface area contributed by atoms with Crippen LogP contribution in [0.1, 0.15) is 36.4 Å². The number of hydrogen-bond donors (Lipinski definition) is 0. The first-order chi connectivity index (χ1) is 13.5. The predicted molar refractivity (Wildman–Crippen MR) is 118 cm³/mol. The molecule has 156 valence electrons. The summed E-state index contributed by atoms with van der Waals surface area (Å²) in [6, 6.07) is 15.7. The molecule has 29 heavy (non-hydrogen) atoms. The summed E-state index contributed by atoms with van der Waals surface area (Å²) in [5.74, 6) is 0.414. The van der Waals surface area contributed by atoms with Gasteiger partial charge in [0.1, 0.15) is 0 Å². The molecule has 0 saturated carbocycles. The van der Waals surface area contributed by atoms with Gasteiger partial charge >= 0.3 is 0 Å². The minimum atomic E-state index is -3.51. The van der Waals surface area contributed by atoms with Gasteiger partial charge in [0.15, 0.2) is 0 Å². The van der Waals surface area contributed by atoms with E-state index in [1.807, 2.05) is 0 Å². The van der Waals surface area contributed by atoms with Crippen molar-refractivity contribution in [1.29, 1.82) is 0 Å². The smallest absolute Gasteiger partial charge is 0.243 e. The largest absolute Gasteiger partial charge is 0.296 e.